The van der Waals surface area contributed by atoms with Crippen LogP contribution in [0.1, 0.15) is 50.7 Å². The zero-order chi connectivity index (χ0) is 31.7. The summed E-state index contributed by atoms with van der Waals surface area (Å²) >= 11 is 0. The number of nitrogens with two attached hydrogens (primary N) is 1. The van der Waals surface area contributed by atoms with Crippen LogP contribution >= 0.6 is 0 Å². The molecule has 0 spiro atoms. The second-order valence-electron chi connectivity index (χ2n) is 12.6. The lowest BCUT2D eigenvalue weighted by molar-refractivity contribution is -0.147. The Morgan fingerprint density at radius 1 is 0.841 bits per heavy atom. The molecule has 44 heavy (non-hydrogen) atoms. The number of carbonyl (C=O) groups excluding carboxylic acids is 3. The van der Waals surface area contributed by atoms with Gasteiger partial charge in [-0.3, -0.25) is 19.8 Å². The van der Waals surface area contributed by atoms with E-state index in [-0.39, 0.29) is 17.7 Å². The van der Waals surface area contributed by atoms with Gasteiger partial charge in [0.15, 0.2) is 0 Å². The van der Waals surface area contributed by atoms with Crippen LogP contribution < -0.4 is 11.2 Å². The summed E-state index contributed by atoms with van der Waals surface area (Å²) in [6.45, 7) is 5.37. The van der Waals surface area contributed by atoms with E-state index in [1.807, 2.05) is 85.6 Å². The number of hydrogen-bond acceptors (Lipinski definition) is 5. The molecule has 1 aliphatic heterocycles. The average molecular weight is 598 g/mol. The Kier molecular flexibility index (Phi) is 11.3. The van der Waals surface area contributed by atoms with Crippen LogP contribution in [-0.2, 0) is 27.2 Å². The van der Waals surface area contributed by atoms with Crippen molar-refractivity contribution in [3.8, 4) is 0 Å². The Morgan fingerprint density at radius 3 is 2.16 bits per heavy atom. The molecule has 3 amide bonds. The SMILES string of the molecule is CN(C(=O)/C=C/CC(C)(C)N)[C@H](Cc1ccc2ccccc2c1)C(=O)N(C)[C@H](Cc1ccccc1)C(=O)NN1CCCCC1. The first kappa shape index (κ1) is 32.9. The lowest BCUT2D eigenvalue weighted by Gasteiger charge is -2.36. The number of fused-ring (bicyclic) bond motifs is 1. The Labute approximate surface area is 261 Å². The fraction of sp³-hybridized carbons (Fsp3) is 0.417. The van der Waals surface area contributed by atoms with Crippen LogP contribution in [0.4, 0.5) is 0 Å². The van der Waals surface area contributed by atoms with Crippen LogP contribution in [0, 0.1) is 0 Å². The molecule has 8 nitrogen and oxygen atoms in total. The van der Waals surface area contributed by atoms with Crippen molar-refractivity contribution >= 4 is 28.5 Å². The molecule has 3 aromatic carbocycles. The summed E-state index contributed by atoms with van der Waals surface area (Å²) in [4.78, 5) is 44.6. The summed E-state index contributed by atoms with van der Waals surface area (Å²) in [7, 11) is 3.32. The van der Waals surface area contributed by atoms with E-state index in [4.69, 9.17) is 5.73 Å². The molecule has 0 saturated carbocycles. The van der Waals surface area contributed by atoms with Crippen molar-refractivity contribution in [2.45, 2.75) is 70.0 Å². The highest BCUT2D eigenvalue weighted by Crippen LogP contribution is 2.20. The number of hydrogen-bond donors (Lipinski definition) is 2. The van der Waals surface area contributed by atoms with E-state index in [0.29, 0.717) is 19.3 Å². The molecule has 234 valence electrons. The van der Waals surface area contributed by atoms with Crippen LogP contribution in [0.15, 0.2) is 84.9 Å². The number of carbonyl (C=O) groups is 3. The lowest BCUT2D eigenvalue weighted by atomic mass is 9.98. The van der Waals surface area contributed by atoms with Gasteiger partial charge in [0.1, 0.15) is 12.1 Å². The molecule has 2 atom stereocenters. The Bertz CT molecular complexity index is 1440. The van der Waals surface area contributed by atoms with Gasteiger partial charge < -0.3 is 15.5 Å². The van der Waals surface area contributed by atoms with Gasteiger partial charge in [-0.2, -0.15) is 0 Å². The van der Waals surface area contributed by atoms with Crippen molar-refractivity contribution in [3.63, 3.8) is 0 Å². The molecule has 0 aromatic heterocycles. The van der Waals surface area contributed by atoms with Gasteiger partial charge in [-0.25, -0.2) is 5.01 Å². The van der Waals surface area contributed by atoms with Crippen LogP contribution in [0.2, 0.25) is 0 Å². The van der Waals surface area contributed by atoms with Crippen molar-refractivity contribution in [2.75, 3.05) is 27.2 Å². The standard InChI is InChI=1S/C36H47N5O3/c1-36(2,37)21-13-18-33(42)39(3)32(26-28-19-20-29-16-9-10-17-30(29)24-28)35(44)40(4)31(25-27-14-7-5-8-15-27)34(43)38-41-22-11-6-12-23-41/h5,7-10,13-20,24,31-32H,6,11-12,21-23,25-26,37H2,1-4H3,(H,38,43)/b18-13+/t31-,32-/m1/s1. The van der Waals surface area contributed by atoms with Crippen molar-refractivity contribution in [1.82, 2.24) is 20.2 Å². The lowest BCUT2D eigenvalue weighted by Crippen LogP contribution is -2.58. The quantitative estimate of drug-likeness (QED) is 0.300. The predicted molar refractivity (Wildman–Crippen MR) is 177 cm³/mol. The topological polar surface area (TPSA) is 99.0 Å². The van der Waals surface area contributed by atoms with Gasteiger partial charge >= 0.3 is 0 Å². The molecular formula is C36H47N5O3. The first-order valence-corrected chi connectivity index (χ1v) is 15.6. The van der Waals surface area contributed by atoms with Crippen molar-refractivity contribution in [3.05, 3.63) is 96.1 Å². The van der Waals surface area contributed by atoms with Crippen LogP contribution in [-0.4, -0.2) is 77.3 Å². The fourth-order valence-corrected chi connectivity index (χ4v) is 5.58. The van der Waals surface area contributed by atoms with E-state index in [1.165, 1.54) is 15.9 Å². The number of nitrogens with zero attached hydrogens (tertiary/aromatic N) is 3. The highest BCUT2D eigenvalue weighted by atomic mass is 16.2. The molecule has 0 aliphatic carbocycles. The molecule has 8 heteroatoms. The molecule has 3 N–H and O–H groups in total. The smallest absolute Gasteiger partial charge is 0.257 e. The second kappa shape index (κ2) is 15.1. The highest BCUT2D eigenvalue weighted by Gasteiger charge is 2.35. The maximum absolute atomic E-state index is 14.4. The summed E-state index contributed by atoms with van der Waals surface area (Å²) in [6, 6.07) is 22.3. The molecule has 1 fully saturated rings. The predicted octanol–water partition coefficient (Wildman–Crippen LogP) is 4.48. The van der Waals surface area contributed by atoms with Gasteiger partial charge in [-0.05, 0) is 61.1 Å². The third-order valence-electron chi connectivity index (χ3n) is 8.26. The maximum atomic E-state index is 14.4. The molecule has 0 radical (unpaired) electrons. The number of rotatable bonds is 12. The Morgan fingerprint density at radius 2 is 1.48 bits per heavy atom. The minimum atomic E-state index is -0.828. The summed E-state index contributed by atoms with van der Waals surface area (Å²) in [5.74, 6) is -0.814. The molecule has 1 heterocycles. The minimum Gasteiger partial charge on any atom is -0.332 e. The summed E-state index contributed by atoms with van der Waals surface area (Å²) < 4.78 is 0. The molecule has 0 unspecified atom stereocenters. The zero-order valence-electron chi connectivity index (χ0n) is 26.5. The van der Waals surface area contributed by atoms with E-state index >= 15 is 0 Å². The van der Waals surface area contributed by atoms with Gasteiger partial charge in [0.05, 0.1) is 0 Å². The number of piperidine rings is 1. The third-order valence-corrected chi connectivity index (χ3v) is 8.26. The molecule has 3 aromatic rings. The number of hydrazine groups is 1. The number of amides is 3. The molecular weight excluding hydrogens is 550 g/mol. The van der Waals surface area contributed by atoms with E-state index < -0.39 is 17.6 Å². The van der Waals surface area contributed by atoms with Gasteiger partial charge in [0, 0.05) is 45.6 Å². The highest BCUT2D eigenvalue weighted by molar-refractivity contribution is 5.95. The largest absolute Gasteiger partial charge is 0.332 e. The molecule has 4 rings (SSSR count). The second-order valence-corrected chi connectivity index (χ2v) is 12.6. The fourth-order valence-electron chi connectivity index (χ4n) is 5.58. The van der Waals surface area contributed by atoms with E-state index in [9.17, 15) is 14.4 Å². The minimum absolute atomic E-state index is 0.227. The average Bonchev–Trinajstić information content (AvgIpc) is 3.01. The maximum Gasteiger partial charge on any atom is 0.257 e. The first-order chi connectivity index (χ1) is 21.0. The van der Waals surface area contributed by atoms with Gasteiger partial charge in [-0.15, -0.1) is 0 Å². The summed E-state index contributed by atoms with van der Waals surface area (Å²) in [6.07, 6.45) is 7.61. The van der Waals surface area contributed by atoms with Gasteiger partial charge in [-0.1, -0.05) is 85.3 Å². The normalized spacial score (nSPS) is 15.6. The number of likely N-dealkylation sites (N-methyl/N-ethyl adjacent to an activating group) is 2. The van der Waals surface area contributed by atoms with E-state index in [2.05, 4.69) is 11.5 Å². The molecule has 0 bridgehead atoms. The Hall–Kier alpha value is -4.01. The van der Waals surface area contributed by atoms with E-state index in [1.54, 1.807) is 20.2 Å². The van der Waals surface area contributed by atoms with Crippen molar-refractivity contribution in [2.24, 2.45) is 5.73 Å². The van der Waals surface area contributed by atoms with Gasteiger partial charge in [0.25, 0.3) is 5.91 Å². The van der Waals surface area contributed by atoms with E-state index in [0.717, 1.165) is 54.3 Å². The zero-order valence-corrected chi connectivity index (χ0v) is 26.5. The number of benzene rings is 3. The van der Waals surface area contributed by atoms with Gasteiger partial charge in [0.2, 0.25) is 11.8 Å². The third kappa shape index (κ3) is 9.24. The Balaban J connectivity index is 1.63. The summed E-state index contributed by atoms with van der Waals surface area (Å²) in [5, 5.41) is 4.12. The molecule has 1 saturated heterocycles. The monoisotopic (exact) mass is 597 g/mol. The van der Waals surface area contributed by atoms with Crippen LogP contribution in [0.5, 0.6) is 0 Å². The summed E-state index contributed by atoms with van der Waals surface area (Å²) in [5.41, 5.74) is 10.6. The van der Waals surface area contributed by atoms with Crippen molar-refractivity contribution < 1.29 is 14.4 Å². The van der Waals surface area contributed by atoms with Crippen LogP contribution in [0.25, 0.3) is 10.8 Å². The van der Waals surface area contributed by atoms with Crippen molar-refractivity contribution in [1.29, 1.82) is 0 Å². The van der Waals surface area contributed by atoms with Crippen LogP contribution in [0.3, 0.4) is 0 Å². The first-order valence-electron chi connectivity index (χ1n) is 15.6. The number of nitrogens with one attached hydrogen (secondary N) is 1. The molecule has 1 aliphatic rings.